The van der Waals surface area contributed by atoms with Gasteiger partial charge in [0, 0.05) is 18.8 Å². The van der Waals surface area contributed by atoms with Gasteiger partial charge in [0.15, 0.2) is 0 Å². The monoisotopic (exact) mass is 297 g/mol. The molecule has 8 heteroatoms. The standard InChI is InChI=1S/C11H14F3NO3S/c12-11(13,14)19(17,18)10-5-3-9(4-6-10)15-7-1-2-8-16/h3-6,15-16H,1-2,7-8H2. The molecule has 1 aromatic rings. The first-order chi connectivity index (χ1) is 8.79. The molecule has 0 amide bonds. The van der Waals surface area contributed by atoms with Crippen molar-refractivity contribution in [2.75, 3.05) is 18.5 Å². The van der Waals surface area contributed by atoms with Crippen LogP contribution < -0.4 is 5.32 Å². The molecular formula is C11H14F3NO3S. The van der Waals surface area contributed by atoms with Gasteiger partial charge in [-0.15, -0.1) is 0 Å². The molecule has 0 fully saturated rings. The molecule has 0 aliphatic rings. The van der Waals surface area contributed by atoms with Crippen LogP contribution in [0.25, 0.3) is 0 Å². The van der Waals surface area contributed by atoms with Crippen molar-refractivity contribution in [3.8, 4) is 0 Å². The summed E-state index contributed by atoms with van der Waals surface area (Å²) >= 11 is 0. The van der Waals surface area contributed by atoms with Gasteiger partial charge in [0.25, 0.3) is 9.84 Å². The van der Waals surface area contributed by atoms with E-state index in [1.165, 1.54) is 12.1 Å². The molecule has 0 bridgehead atoms. The molecule has 0 radical (unpaired) electrons. The molecule has 0 heterocycles. The van der Waals surface area contributed by atoms with E-state index in [1.54, 1.807) is 0 Å². The molecule has 19 heavy (non-hydrogen) atoms. The number of unbranched alkanes of at least 4 members (excludes halogenated alkanes) is 1. The maximum absolute atomic E-state index is 12.3. The summed E-state index contributed by atoms with van der Waals surface area (Å²) in [6.07, 6.45) is 1.33. The minimum atomic E-state index is -5.29. The lowest BCUT2D eigenvalue weighted by atomic mass is 10.3. The number of benzene rings is 1. The van der Waals surface area contributed by atoms with Crippen LogP contribution in [-0.2, 0) is 9.84 Å². The number of halogens is 3. The van der Waals surface area contributed by atoms with Gasteiger partial charge in [-0.2, -0.15) is 13.2 Å². The van der Waals surface area contributed by atoms with Crippen LogP contribution in [0.3, 0.4) is 0 Å². The van der Waals surface area contributed by atoms with E-state index >= 15 is 0 Å². The second kappa shape index (κ2) is 6.25. The van der Waals surface area contributed by atoms with Gasteiger partial charge in [0.1, 0.15) is 0 Å². The van der Waals surface area contributed by atoms with E-state index in [9.17, 15) is 21.6 Å². The van der Waals surface area contributed by atoms with Crippen LogP contribution >= 0.6 is 0 Å². The molecule has 1 aromatic carbocycles. The molecule has 2 N–H and O–H groups in total. The number of rotatable bonds is 6. The molecular weight excluding hydrogens is 283 g/mol. The Bertz CT molecular complexity index is 497. The quantitative estimate of drug-likeness (QED) is 0.790. The van der Waals surface area contributed by atoms with Gasteiger partial charge >= 0.3 is 5.51 Å². The van der Waals surface area contributed by atoms with Gasteiger partial charge < -0.3 is 10.4 Å². The third kappa shape index (κ3) is 4.10. The summed E-state index contributed by atoms with van der Waals surface area (Å²) in [6.45, 7) is 0.621. The van der Waals surface area contributed by atoms with Crippen molar-refractivity contribution >= 4 is 15.5 Å². The van der Waals surface area contributed by atoms with E-state index in [0.717, 1.165) is 12.1 Å². The van der Waals surface area contributed by atoms with E-state index < -0.39 is 20.2 Å². The molecule has 4 nitrogen and oxygen atoms in total. The highest BCUT2D eigenvalue weighted by molar-refractivity contribution is 7.92. The number of alkyl halides is 3. The average molecular weight is 297 g/mol. The Labute approximate surface area is 109 Å². The summed E-state index contributed by atoms with van der Waals surface area (Å²) in [5.41, 5.74) is -4.76. The van der Waals surface area contributed by atoms with Crippen LogP contribution in [0.4, 0.5) is 18.9 Å². The number of aliphatic hydroxyl groups excluding tert-OH is 1. The van der Waals surface area contributed by atoms with Crippen molar-refractivity contribution in [3.05, 3.63) is 24.3 Å². The number of hydrogen-bond donors (Lipinski definition) is 2. The van der Waals surface area contributed by atoms with Gasteiger partial charge in [-0.05, 0) is 37.1 Å². The van der Waals surface area contributed by atoms with Crippen molar-refractivity contribution in [1.29, 1.82) is 0 Å². The number of hydrogen-bond acceptors (Lipinski definition) is 4. The molecule has 0 saturated heterocycles. The number of anilines is 1. The highest BCUT2D eigenvalue weighted by Crippen LogP contribution is 2.30. The van der Waals surface area contributed by atoms with Gasteiger partial charge in [0.05, 0.1) is 4.90 Å². The second-order valence-electron chi connectivity index (χ2n) is 3.83. The third-order valence-corrected chi connectivity index (χ3v) is 3.89. The predicted octanol–water partition coefficient (Wildman–Crippen LogP) is 2.16. The van der Waals surface area contributed by atoms with E-state index in [-0.39, 0.29) is 6.61 Å². The first kappa shape index (κ1) is 15.8. The first-order valence-corrected chi connectivity index (χ1v) is 7.03. The fourth-order valence-corrected chi connectivity index (χ4v) is 2.12. The van der Waals surface area contributed by atoms with Crippen molar-refractivity contribution in [1.82, 2.24) is 0 Å². The first-order valence-electron chi connectivity index (χ1n) is 5.55. The van der Waals surface area contributed by atoms with E-state index in [0.29, 0.717) is 25.1 Å². The molecule has 108 valence electrons. The number of nitrogens with one attached hydrogen (secondary N) is 1. The SMILES string of the molecule is O=S(=O)(c1ccc(NCCCCO)cc1)C(F)(F)F. The van der Waals surface area contributed by atoms with Crippen LogP contribution in [0, 0.1) is 0 Å². The Hall–Kier alpha value is -1.28. The molecule has 0 atom stereocenters. The largest absolute Gasteiger partial charge is 0.501 e. The fraction of sp³-hybridized carbons (Fsp3) is 0.455. The molecule has 1 rings (SSSR count). The van der Waals surface area contributed by atoms with Crippen molar-refractivity contribution in [2.45, 2.75) is 23.2 Å². The van der Waals surface area contributed by atoms with E-state index in [4.69, 9.17) is 5.11 Å². The lowest BCUT2D eigenvalue weighted by Crippen LogP contribution is -2.23. The minimum Gasteiger partial charge on any atom is -0.396 e. The molecule has 0 spiro atoms. The van der Waals surface area contributed by atoms with Gasteiger partial charge in [0.2, 0.25) is 0 Å². The fourth-order valence-electron chi connectivity index (χ4n) is 1.36. The Kier molecular flexibility index (Phi) is 5.19. The second-order valence-corrected chi connectivity index (χ2v) is 5.77. The predicted molar refractivity (Wildman–Crippen MR) is 64.5 cm³/mol. The van der Waals surface area contributed by atoms with Gasteiger partial charge in [-0.1, -0.05) is 0 Å². The molecule has 0 aliphatic heterocycles. The lowest BCUT2D eigenvalue weighted by molar-refractivity contribution is -0.0436. The van der Waals surface area contributed by atoms with E-state index in [1.807, 2.05) is 0 Å². The molecule has 0 saturated carbocycles. The zero-order valence-electron chi connectivity index (χ0n) is 9.94. The Balaban J connectivity index is 2.72. The Morgan fingerprint density at radius 2 is 1.68 bits per heavy atom. The smallest absolute Gasteiger partial charge is 0.396 e. The average Bonchev–Trinajstić information content (AvgIpc) is 2.34. The summed E-state index contributed by atoms with van der Waals surface area (Å²) in [6, 6.07) is 4.38. The Morgan fingerprint density at radius 3 is 2.16 bits per heavy atom. The summed E-state index contributed by atoms with van der Waals surface area (Å²) in [4.78, 5) is -0.777. The lowest BCUT2D eigenvalue weighted by Gasteiger charge is -2.09. The van der Waals surface area contributed by atoms with Crippen LogP contribution in [0.1, 0.15) is 12.8 Å². The van der Waals surface area contributed by atoms with Crippen LogP contribution in [0.5, 0.6) is 0 Å². The zero-order chi connectivity index (χ0) is 14.5. The van der Waals surface area contributed by atoms with Gasteiger partial charge in [-0.25, -0.2) is 8.42 Å². The van der Waals surface area contributed by atoms with Crippen molar-refractivity contribution in [3.63, 3.8) is 0 Å². The highest BCUT2D eigenvalue weighted by atomic mass is 32.2. The number of aliphatic hydroxyl groups is 1. The van der Waals surface area contributed by atoms with Crippen molar-refractivity contribution in [2.24, 2.45) is 0 Å². The van der Waals surface area contributed by atoms with Crippen LogP contribution in [0.15, 0.2) is 29.2 Å². The maximum Gasteiger partial charge on any atom is 0.501 e. The maximum atomic E-state index is 12.3. The third-order valence-electron chi connectivity index (χ3n) is 2.38. The summed E-state index contributed by atoms with van der Waals surface area (Å²) in [5.74, 6) is 0. The van der Waals surface area contributed by atoms with Crippen molar-refractivity contribution < 1.29 is 26.7 Å². The molecule has 0 unspecified atom stereocenters. The van der Waals surface area contributed by atoms with E-state index in [2.05, 4.69) is 5.32 Å². The summed E-state index contributed by atoms with van der Waals surface area (Å²) in [5, 5.41) is 11.5. The summed E-state index contributed by atoms with van der Waals surface area (Å²) < 4.78 is 59.0. The molecule has 0 aliphatic carbocycles. The van der Waals surface area contributed by atoms with Crippen LogP contribution in [0.2, 0.25) is 0 Å². The van der Waals surface area contributed by atoms with Gasteiger partial charge in [-0.3, -0.25) is 0 Å². The topological polar surface area (TPSA) is 66.4 Å². The summed E-state index contributed by atoms with van der Waals surface area (Å²) in [7, 11) is -5.28. The zero-order valence-corrected chi connectivity index (χ0v) is 10.8. The Morgan fingerprint density at radius 1 is 1.11 bits per heavy atom. The van der Waals surface area contributed by atoms with Crippen LogP contribution in [-0.4, -0.2) is 32.2 Å². The molecule has 0 aromatic heterocycles. The normalized spacial score (nSPS) is 12.4. The highest BCUT2D eigenvalue weighted by Gasteiger charge is 2.46. The minimum absolute atomic E-state index is 0.0739. The number of sulfone groups is 1.